The van der Waals surface area contributed by atoms with E-state index in [0.717, 1.165) is 0 Å². The molecule has 7 nitrogen and oxygen atoms in total. The SMILES string of the molecule is O=C(O)COc1ccccc1C=NNC(=O)c1cccnc1. The molecule has 112 valence electrons. The minimum absolute atomic E-state index is 0.365. The quantitative estimate of drug-likeness (QED) is 0.618. The van der Waals surface area contributed by atoms with Crippen LogP contribution in [0.15, 0.2) is 53.9 Å². The van der Waals surface area contributed by atoms with Crippen molar-refractivity contribution in [3.05, 3.63) is 59.9 Å². The number of carboxylic acid groups (broad SMARTS) is 1. The van der Waals surface area contributed by atoms with Crippen molar-refractivity contribution in [1.29, 1.82) is 0 Å². The molecule has 7 heteroatoms. The van der Waals surface area contributed by atoms with Gasteiger partial charge in [-0.25, -0.2) is 10.2 Å². The van der Waals surface area contributed by atoms with E-state index < -0.39 is 18.5 Å². The van der Waals surface area contributed by atoms with Gasteiger partial charge in [-0.05, 0) is 24.3 Å². The standard InChI is InChI=1S/C15H13N3O4/c19-14(20)10-22-13-6-2-1-4-11(13)9-17-18-15(21)12-5-3-7-16-8-12/h1-9H,10H2,(H,18,21)(H,19,20). The number of hydrogen-bond acceptors (Lipinski definition) is 5. The number of amides is 1. The summed E-state index contributed by atoms with van der Waals surface area (Å²) in [7, 11) is 0. The summed E-state index contributed by atoms with van der Waals surface area (Å²) in [5.41, 5.74) is 3.29. The minimum Gasteiger partial charge on any atom is -0.481 e. The fourth-order valence-corrected chi connectivity index (χ4v) is 1.58. The van der Waals surface area contributed by atoms with E-state index in [0.29, 0.717) is 16.9 Å². The van der Waals surface area contributed by atoms with Crippen LogP contribution in [-0.4, -0.2) is 34.8 Å². The van der Waals surface area contributed by atoms with Crippen molar-refractivity contribution < 1.29 is 19.4 Å². The second-order valence-corrected chi connectivity index (χ2v) is 4.16. The molecule has 0 radical (unpaired) electrons. The molecule has 22 heavy (non-hydrogen) atoms. The van der Waals surface area contributed by atoms with E-state index in [1.807, 2.05) is 0 Å². The summed E-state index contributed by atoms with van der Waals surface area (Å²) in [6, 6.07) is 10.0. The summed E-state index contributed by atoms with van der Waals surface area (Å²) < 4.78 is 5.13. The van der Waals surface area contributed by atoms with Gasteiger partial charge in [0.2, 0.25) is 0 Å². The Labute approximate surface area is 126 Å². The predicted molar refractivity (Wildman–Crippen MR) is 78.9 cm³/mol. The second kappa shape index (κ2) is 7.53. The number of ether oxygens (including phenoxy) is 1. The molecule has 0 bridgehead atoms. The molecule has 0 saturated carbocycles. The van der Waals surface area contributed by atoms with E-state index >= 15 is 0 Å². The fraction of sp³-hybridized carbons (Fsp3) is 0.0667. The average Bonchev–Trinajstić information content (AvgIpc) is 2.54. The normalized spacial score (nSPS) is 10.4. The predicted octanol–water partition coefficient (Wildman–Crippen LogP) is 1.31. The van der Waals surface area contributed by atoms with Gasteiger partial charge >= 0.3 is 5.97 Å². The highest BCUT2D eigenvalue weighted by Crippen LogP contribution is 2.15. The van der Waals surface area contributed by atoms with E-state index in [-0.39, 0.29) is 0 Å². The Kier molecular flexibility index (Phi) is 5.20. The molecule has 1 amide bonds. The van der Waals surface area contributed by atoms with Gasteiger partial charge in [-0.1, -0.05) is 12.1 Å². The molecule has 0 fully saturated rings. The third-order valence-corrected chi connectivity index (χ3v) is 2.56. The van der Waals surface area contributed by atoms with Crippen molar-refractivity contribution >= 4 is 18.1 Å². The second-order valence-electron chi connectivity index (χ2n) is 4.16. The van der Waals surface area contributed by atoms with E-state index in [4.69, 9.17) is 9.84 Å². The highest BCUT2D eigenvalue weighted by Gasteiger charge is 2.05. The number of rotatable bonds is 6. The lowest BCUT2D eigenvalue weighted by Gasteiger charge is -2.06. The number of carbonyl (C=O) groups is 2. The number of carbonyl (C=O) groups excluding carboxylic acids is 1. The van der Waals surface area contributed by atoms with E-state index in [2.05, 4.69) is 15.5 Å². The number of aromatic nitrogens is 1. The Balaban J connectivity index is 2.01. The van der Waals surface area contributed by atoms with Crippen LogP contribution in [0.4, 0.5) is 0 Å². The van der Waals surface area contributed by atoms with Crippen molar-refractivity contribution in [2.24, 2.45) is 5.10 Å². The summed E-state index contributed by atoms with van der Waals surface area (Å²) in [5, 5.41) is 12.4. The van der Waals surface area contributed by atoms with Crippen LogP contribution in [0.3, 0.4) is 0 Å². The number of hydrogen-bond donors (Lipinski definition) is 2. The fourth-order valence-electron chi connectivity index (χ4n) is 1.58. The number of hydrazone groups is 1. The van der Waals surface area contributed by atoms with Gasteiger partial charge in [-0.3, -0.25) is 9.78 Å². The van der Waals surface area contributed by atoms with Gasteiger partial charge < -0.3 is 9.84 Å². The van der Waals surface area contributed by atoms with Crippen LogP contribution in [0.1, 0.15) is 15.9 Å². The summed E-state index contributed by atoms with van der Waals surface area (Å²) >= 11 is 0. The third-order valence-electron chi connectivity index (χ3n) is 2.56. The summed E-state index contributed by atoms with van der Waals surface area (Å²) in [6.07, 6.45) is 4.37. The smallest absolute Gasteiger partial charge is 0.341 e. The molecular weight excluding hydrogens is 286 g/mol. The molecular formula is C15H13N3O4. The van der Waals surface area contributed by atoms with Crippen LogP contribution in [-0.2, 0) is 4.79 Å². The first kappa shape index (κ1) is 15.2. The van der Waals surface area contributed by atoms with Crippen molar-refractivity contribution in [3.8, 4) is 5.75 Å². The van der Waals surface area contributed by atoms with E-state index in [9.17, 15) is 9.59 Å². The monoisotopic (exact) mass is 299 g/mol. The van der Waals surface area contributed by atoms with Crippen molar-refractivity contribution in [2.75, 3.05) is 6.61 Å². The average molecular weight is 299 g/mol. The van der Waals surface area contributed by atoms with Gasteiger partial charge in [0.25, 0.3) is 5.91 Å². The molecule has 1 aromatic carbocycles. The first-order chi connectivity index (χ1) is 10.7. The molecule has 2 aromatic rings. The maximum absolute atomic E-state index is 11.8. The third kappa shape index (κ3) is 4.41. The van der Waals surface area contributed by atoms with Crippen LogP contribution in [0, 0.1) is 0 Å². The number of para-hydroxylation sites is 1. The molecule has 0 saturated heterocycles. The lowest BCUT2D eigenvalue weighted by molar-refractivity contribution is -0.139. The van der Waals surface area contributed by atoms with Crippen LogP contribution >= 0.6 is 0 Å². The van der Waals surface area contributed by atoms with Crippen molar-refractivity contribution in [3.63, 3.8) is 0 Å². The highest BCUT2D eigenvalue weighted by atomic mass is 16.5. The zero-order valence-electron chi connectivity index (χ0n) is 11.5. The van der Waals surface area contributed by atoms with Gasteiger partial charge in [-0.15, -0.1) is 0 Å². The summed E-state index contributed by atoms with van der Waals surface area (Å²) in [6.45, 7) is -0.451. The van der Waals surface area contributed by atoms with Gasteiger partial charge in [-0.2, -0.15) is 5.10 Å². The molecule has 1 aromatic heterocycles. The molecule has 2 rings (SSSR count). The Morgan fingerprint density at radius 3 is 2.82 bits per heavy atom. The lowest BCUT2D eigenvalue weighted by atomic mass is 10.2. The molecule has 2 N–H and O–H groups in total. The molecule has 0 atom stereocenters. The maximum Gasteiger partial charge on any atom is 0.341 e. The zero-order valence-corrected chi connectivity index (χ0v) is 11.5. The molecule has 0 spiro atoms. The minimum atomic E-state index is -1.07. The first-order valence-electron chi connectivity index (χ1n) is 6.34. The van der Waals surface area contributed by atoms with Crippen molar-refractivity contribution in [2.45, 2.75) is 0 Å². The highest BCUT2D eigenvalue weighted by molar-refractivity contribution is 5.94. The molecule has 0 unspecified atom stereocenters. The van der Waals surface area contributed by atoms with Crippen molar-refractivity contribution in [1.82, 2.24) is 10.4 Å². The van der Waals surface area contributed by atoms with Gasteiger partial charge in [0.1, 0.15) is 5.75 Å². The Bertz CT molecular complexity index is 686. The molecule has 0 aliphatic heterocycles. The maximum atomic E-state index is 11.8. The Morgan fingerprint density at radius 2 is 2.09 bits per heavy atom. The van der Waals surface area contributed by atoms with Crippen LogP contribution in [0.5, 0.6) is 5.75 Å². The molecule has 0 aliphatic rings. The van der Waals surface area contributed by atoms with Gasteiger partial charge in [0.05, 0.1) is 11.8 Å². The Hall–Kier alpha value is -3.22. The number of nitrogens with zero attached hydrogens (tertiary/aromatic N) is 2. The number of benzene rings is 1. The molecule has 0 aliphatic carbocycles. The van der Waals surface area contributed by atoms with Gasteiger partial charge in [0.15, 0.2) is 6.61 Å². The lowest BCUT2D eigenvalue weighted by Crippen LogP contribution is -2.17. The van der Waals surface area contributed by atoms with E-state index in [1.54, 1.807) is 42.6 Å². The topological polar surface area (TPSA) is 101 Å². The van der Waals surface area contributed by atoms with Crippen LogP contribution in [0.25, 0.3) is 0 Å². The van der Waals surface area contributed by atoms with Crippen LogP contribution in [0.2, 0.25) is 0 Å². The number of carboxylic acids is 1. The van der Waals surface area contributed by atoms with Gasteiger partial charge in [0, 0.05) is 18.0 Å². The number of aliphatic carboxylic acids is 1. The number of nitrogens with one attached hydrogen (secondary N) is 1. The summed E-state index contributed by atoms with van der Waals surface area (Å²) in [4.78, 5) is 26.1. The zero-order chi connectivity index (χ0) is 15.8. The number of pyridine rings is 1. The Morgan fingerprint density at radius 1 is 1.27 bits per heavy atom. The van der Waals surface area contributed by atoms with Crippen LogP contribution < -0.4 is 10.2 Å². The summed E-state index contributed by atoms with van der Waals surface area (Å²) in [5.74, 6) is -1.10. The first-order valence-corrected chi connectivity index (χ1v) is 6.34. The van der Waals surface area contributed by atoms with E-state index in [1.165, 1.54) is 12.4 Å². The largest absolute Gasteiger partial charge is 0.481 e. The molecule has 1 heterocycles.